The van der Waals surface area contributed by atoms with Crippen molar-refractivity contribution in [1.82, 2.24) is 25.3 Å². The van der Waals surface area contributed by atoms with Crippen molar-refractivity contribution < 1.29 is 4.79 Å². The zero-order valence-electron chi connectivity index (χ0n) is 11.0. The molecule has 1 saturated heterocycles. The molecule has 1 aromatic heterocycles. The highest BCUT2D eigenvalue weighted by atomic mass is 16.2. The normalized spacial score (nSPS) is 19.7. The van der Waals surface area contributed by atoms with Gasteiger partial charge in [-0.1, -0.05) is 0 Å². The Morgan fingerprint density at radius 1 is 1.50 bits per heavy atom. The van der Waals surface area contributed by atoms with Crippen LogP contribution in [0, 0.1) is 0 Å². The molecule has 0 aliphatic carbocycles. The Morgan fingerprint density at radius 2 is 2.22 bits per heavy atom. The van der Waals surface area contributed by atoms with Gasteiger partial charge in [0.15, 0.2) is 0 Å². The molecule has 1 aliphatic heterocycles. The van der Waals surface area contributed by atoms with Crippen LogP contribution in [0.4, 0.5) is 0 Å². The van der Waals surface area contributed by atoms with E-state index in [1.165, 1.54) is 0 Å². The molecule has 0 saturated carbocycles. The predicted octanol–water partition coefficient (Wildman–Crippen LogP) is -0.225. The zero-order valence-corrected chi connectivity index (χ0v) is 11.0. The van der Waals surface area contributed by atoms with E-state index in [0.717, 1.165) is 32.7 Å². The molecule has 1 amide bonds. The lowest BCUT2D eigenvalue weighted by Gasteiger charge is -2.33. The van der Waals surface area contributed by atoms with Crippen molar-refractivity contribution in [3.63, 3.8) is 0 Å². The van der Waals surface area contributed by atoms with E-state index in [1.54, 1.807) is 12.3 Å². The molecule has 18 heavy (non-hydrogen) atoms. The molecule has 2 heterocycles. The Morgan fingerprint density at radius 3 is 2.83 bits per heavy atom. The molecule has 1 fully saturated rings. The van der Waals surface area contributed by atoms with E-state index in [4.69, 9.17) is 0 Å². The second kappa shape index (κ2) is 5.97. The summed E-state index contributed by atoms with van der Waals surface area (Å²) in [6.45, 7) is 7.27. The Kier molecular flexibility index (Phi) is 4.33. The van der Waals surface area contributed by atoms with Gasteiger partial charge in [0.2, 0.25) is 0 Å². The summed E-state index contributed by atoms with van der Waals surface area (Å²) in [4.78, 5) is 16.5. The van der Waals surface area contributed by atoms with E-state index in [-0.39, 0.29) is 11.9 Å². The number of aromatic amines is 1. The molecule has 1 atom stereocenters. The zero-order chi connectivity index (χ0) is 13.0. The van der Waals surface area contributed by atoms with Gasteiger partial charge < -0.3 is 10.2 Å². The summed E-state index contributed by atoms with van der Waals surface area (Å²) in [7, 11) is 2.14. The third-order valence-corrected chi connectivity index (χ3v) is 3.25. The number of aromatic nitrogens is 2. The number of rotatable bonds is 4. The van der Waals surface area contributed by atoms with Crippen molar-refractivity contribution in [2.75, 3.05) is 39.8 Å². The molecule has 100 valence electrons. The number of hydrogen-bond donors (Lipinski definition) is 2. The fourth-order valence-corrected chi connectivity index (χ4v) is 2.15. The van der Waals surface area contributed by atoms with E-state index < -0.39 is 0 Å². The molecule has 1 unspecified atom stereocenters. The first-order valence-electron chi connectivity index (χ1n) is 6.36. The van der Waals surface area contributed by atoms with Crippen LogP contribution >= 0.6 is 0 Å². The number of carbonyl (C=O) groups is 1. The van der Waals surface area contributed by atoms with Crippen LogP contribution in [-0.4, -0.2) is 71.7 Å². The van der Waals surface area contributed by atoms with Gasteiger partial charge in [-0.2, -0.15) is 5.10 Å². The summed E-state index contributed by atoms with van der Waals surface area (Å²) in [6, 6.07) is 1.82. The van der Waals surface area contributed by atoms with Gasteiger partial charge in [-0.25, -0.2) is 0 Å². The number of carbonyl (C=O) groups excluding carboxylic acids is 1. The summed E-state index contributed by atoms with van der Waals surface area (Å²) in [6.07, 6.45) is 1.58. The first kappa shape index (κ1) is 13.0. The van der Waals surface area contributed by atoms with Gasteiger partial charge in [0, 0.05) is 45.0 Å². The van der Waals surface area contributed by atoms with E-state index in [0.29, 0.717) is 5.69 Å². The van der Waals surface area contributed by atoms with Crippen molar-refractivity contribution in [2.24, 2.45) is 0 Å². The highest BCUT2D eigenvalue weighted by Gasteiger charge is 2.17. The lowest BCUT2D eigenvalue weighted by atomic mass is 10.2. The van der Waals surface area contributed by atoms with E-state index in [1.807, 2.05) is 6.92 Å². The van der Waals surface area contributed by atoms with Crippen molar-refractivity contribution in [1.29, 1.82) is 0 Å². The molecule has 1 aromatic rings. The molecule has 1 aliphatic rings. The number of piperazine rings is 1. The first-order chi connectivity index (χ1) is 8.65. The number of amides is 1. The van der Waals surface area contributed by atoms with Crippen LogP contribution in [0.3, 0.4) is 0 Å². The third kappa shape index (κ3) is 3.54. The molecule has 0 spiro atoms. The molecule has 2 N–H and O–H groups in total. The van der Waals surface area contributed by atoms with E-state index in [9.17, 15) is 4.79 Å². The molecule has 2 rings (SSSR count). The van der Waals surface area contributed by atoms with E-state index >= 15 is 0 Å². The average molecular weight is 251 g/mol. The van der Waals surface area contributed by atoms with Crippen molar-refractivity contribution in [3.8, 4) is 0 Å². The molecular formula is C12H21N5O. The SMILES string of the molecule is CC(CN1CCN(C)CC1)NC(=O)c1ccn[nH]1. The molecule has 0 bridgehead atoms. The van der Waals surface area contributed by atoms with Gasteiger partial charge in [-0.3, -0.25) is 14.8 Å². The Hall–Kier alpha value is -1.40. The average Bonchev–Trinajstić information content (AvgIpc) is 2.85. The lowest BCUT2D eigenvalue weighted by molar-refractivity contribution is 0.0909. The van der Waals surface area contributed by atoms with Gasteiger partial charge in [0.25, 0.3) is 5.91 Å². The number of hydrogen-bond acceptors (Lipinski definition) is 4. The molecule has 0 radical (unpaired) electrons. The maximum Gasteiger partial charge on any atom is 0.269 e. The van der Waals surface area contributed by atoms with Crippen molar-refractivity contribution in [3.05, 3.63) is 18.0 Å². The first-order valence-corrected chi connectivity index (χ1v) is 6.36. The number of H-pyrrole nitrogens is 1. The highest BCUT2D eigenvalue weighted by Crippen LogP contribution is 2.01. The van der Waals surface area contributed by atoms with Crippen LogP contribution in [0.15, 0.2) is 12.3 Å². The second-order valence-electron chi connectivity index (χ2n) is 4.95. The van der Waals surface area contributed by atoms with Crippen molar-refractivity contribution >= 4 is 5.91 Å². The molecular weight excluding hydrogens is 230 g/mol. The third-order valence-electron chi connectivity index (χ3n) is 3.25. The van der Waals surface area contributed by atoms with Gasteiger partial charge in [0.1, 0.15) is 5.69 Å². The number of nitrogens with one attached hydrogen (secondary N) is 2. The minimum Gasteiger partial charge on any atom is -0.347 e. The summed E-state index contributed by atoms with van der Waals surface area (Å²) in [5, 5.41) is 9.42. The molecule has 6 nitrogen and oxygen atoms in total. The summed E-state index contributed by atoms with van der Waals surface area (Å²) >= 11 is 0. The number of nitrogens with zero attached hydrogens (tertiary/aromatic N) is 3. The van der Waals surface area contributed by atoms with E-state index in [2.05, 4.69) is 32.4 Å². The lowest BCUT2D eigenvalue weighted by Crippen LogP contribution is -2.49. The topological polar surface area (TPSA) is 64.3 Å². The minimum absolute atomic E-state index is 0.0888. The Bertz CT molecular complexity index is 370. The monoisotopic (exact) mass is 251 g/mol. The summed E-state index contributed by atoms with van der Waals surface area (Å²) in [5.41, 5.74) is 0.514. The summed E-state index contributed by atoms with van der Waals surface area (Å²) in [5.74, 6) is -0.0888. The molecule has 0 aromatic carbocycles. The fraction of sp³-hybridized carbons (Fsp3) is 0.667. The van der Waals surface area contributed by atoms with Gasteiger partial charge >= 0.3 is 0 Å². The number of likely N-dealkylation sites (N-methyl/N-ethyl adjacent to an activating group) is 1. The largest absolute Gasteiger partial charge is 0.347 e. The Labute approximate surface area is 107 Å². The molecule has 6 heteroatoms. The quantitative estimate of drug-likeness (QED) is 0.776. The predicted molar refractivity (Wildman–Crippen MR) is 69.5 cm³/mol. The summed E-state index contributed by atoms with van der Waals surface area (Å²) < 4.78 is 0. The Balaban J connectivity index is 1.75. The van der Waals surface area contributed by atoms with Gasteiger partial charge in [-0.15, -0.1) is 0 Å². The van der Waals surface area contributed by atoms with Crippen LogP contribution in [-0.2, 0) is 0 Å². The van der Waals surface area contributed by atoms with Crippen LogP contribution < -0.4 is 5.32 Å². The standard InChI is InChI=1S/C12H21N5O/c1-10(9-17-7-5-16(2)6-8-17)14-12(18)11-3-4-13-15-11/h3-4,10H,5-9H2,1-2H3,(H,13,15)(H,14,18). The van der Waals surface area contributed by atoms with Crippen LogP contribution in [0.25, 0.3) is 0 Å². The highest BCUT2D eigenvalue weighted by molar-refractivity contribution is 5.92. The van der Waals surface area contributed by atoms with Gasteiger partial charge in [-0.05, 0) is 20.0 Å². The maximum atomic E-state index is 11.8. The second-order valence-corrected chi connectivity index (χ2v) is 4.95. The fourth-order valence-electron chi connectivity index (χ4n) is 2.15. The van der Waals surface area contributed by atoms with Crippen molar-refractivity contribution in [2.45, 2.75) is 13.0 Å². The maximum absolute atomic E-state index is 11.8. The van der Waals surface area contributed by atoms with Crippen LogP contribution in [0.1, 0.15) is 17.4 Å². The minimum atomic E-state index is -0.0888. The van der Waals surface area contributed by atoms with Crippen LogP contribution in [0.2, 0.25) is 0 Å². The van der Waals surface area contributed by atoms with Gasteiger partial charge in [0.05, 0.1) is 0 Å². The smallest absolute Gasteiger partial charge is 0.269 e. The van der Waals surface area contributed by atoms with Crippen LogP contribution in [0.5, 0.6) is 0 Å².